The summed E-state index contributed by atoms with van der Waals surface area (Å²) >= 11 is 0. The molecule has 0 aliphatic carbocycles. The Morgan fingerprint density at radius 3 is 2.69 bits per heavy atom. The van der Waals surface area contributed by atoms with Gasteiger partial charge in [0, 0.05) is 35.8 Å². The molecule has 8 heteroatoms. The van der Waals surface area contributed by atoms with E-state index in [0.717, 1.165) is 0 Å². The molecule has 0 aliphatic rings. The van der Waals surface area contributed by atoms with Gasteiger partial charge in [-0.05, 0) is 30.3 Å². The largest absolute Gasteiger partial charge is 0.495 e. The summed E-state index contributed by atoms with van der Waals surface area (Å²) in [6.07, 6.45) is 3.14. The number of hydrogen-bond donors (Lipinski definition) is 2. The van der Waals surface area contributed by atoms with E-state index in [2.05, 4.69) is 15.0 Å². The number of fused-ring (bicyclic) bond motifs is 1. The van der Waals surface area contributed by atoms with Crippen molar-refractivity contribution in [2.75, 3.05) is 17.1 Å². The summed E-state index contributed by atoms with van der Waals surface area (Å²) in [7, 11) is -2.45. The number of rotatable bonds is 5. The molecular weight excluding hydrogens is 354 g/mol. The van der Waals surface area contributed by atoms with E-state index in [1.165, 1.54) is 26.2 Å². The molecule has 0 fully saturated rings. The van der Waals surface area contributed by atoms with Crippen LogP contribution in [0.3, 0.4) is 0 Å². The van der Waals surface area contributed by atoms with Gasteiger partial charge in [0.2, 0.25) is 5.91 Å². The monoisotopic (exact) mass is 371 g/mol. The van der Waals surface area contributed by atoms with Crippen molar-refractivity contribution in [2.45, 2.75) is 11.8 Å². The topological polar surface area (TPSA) is 97.4 Å². The van der Waals surface area contributed by atoms with E-state index in [1.54, 1.807) is 42.7 Å². The van der Waals surface area contributed by atoms with Gasteiger partial charge in [0.1, 0.15) is 5.75 Å². The molecule has 0 bridgehead atoms. The third kappa shape index (κ3) is 3.60. The van der Waals surface area contributed by atoms with Crippen molar-refractivity contribution >= 4 is 38.1 Å². The van der Waals surface area contributed by atoms with Gasteiger partial charge in [-0.25, -0.2) is 8.42 Å². The number of carbonyl (C=O) groups excluding carboxylic acids is 1. The number of hydrogen-bond acceptors (Lipinski definition) is 5. The van der Waals surface area contributed by atoms with Crippen LogP contribution in [0.2, 0.25) is 0 Å². The van der Waals surface area contributed by atoms with Gasteiger partial charge in [-0.15, -0.1) is 0 Å². The van der Waals surface area contributed by atoms with E-state index >= 15 is 0 Å². The van der Waals surface area contributed by atoms with Crippen LogP contribution in [0.5, 0.6) is 5.75 Å². The third-order valence-electron chi connectivity index (χ3n) is 3.69. The van der Waals surface area contributed by atoms with Gasteiger partial charge in [0.15, 0.2) is 0 Å². The fourth-order valence-electron chi connectivity index (χ4n) is 2.60. The number of aromatic nitrogens is 1. The van der Waals surface area contributed by atoms with Crippen molar-refractivity contribution in [3.63, 3.8) is 0 Å². The number of methoxy groups -OCH3 is 1. The summed E-state index contributed by atoms with van der Waals surface area (Å²) in [5.41, 5.74) is 0.683. The zero-order valence-corrected chi connectivity index (χ0v) is 15.0. The van der Waals surface area contributed by atoms with Gasteiger partial charge in [0.25, 0.3) is 10.0 Å². The molecule has 1 heterocycles. The maximum Gasteiger partial charge on any atom is 0.262 e. The summed E-state index contributed by atoms with van der Waals surface area (Å²) in [6.45, 7) is 1.37. The Morgan fingerprint density at radius 1 is 1.15 bits per heavy atom. The molecule has 0 spiro atoms. The van der Waals surface area contributed by atoms with Gasteiger partial charge >= 0.3 is 0 Å². The Balaban J connectivity index is 2.05. The van der Waals surface area contributed by atoms with Gasteiger partial charge in [-0.2, -0.15) is 0 Å². The molecule has 0 saturated carbocycles. The van der Waals surface area contributed by atoms with Gasteiger partial charge in [-0.1, -0.05) is 12.1 Å². The van der Waals surface area contributed by atoms with E-state index in [9.17, 15) is 13.2 Å². The van der Waals surface area contributed by atoms with Gasteiger partial charge < -0.3 is 10.1 Å². The summed E-state index contributed by atoms with van der Waals surface area (Å²) in [6, 6.07) is 11.3. The van der Waals surface area contributed by atoms with E-state index < -0.39 is 10.0 Å². The summed E-state index contributed by atoms with van der Waals surface area (Å²) in [5, 5.41) is 3.89. The first kappa shape index (κ1) is 17.7. The normalized spacial score (nSPS) is 11.2. The predicted molar refractivity (Wildman–Crippen MR) is 99.8 cm³/mol. The number of nitrogens with zero attached hydrogens (tertiary/aromatic N) is 1. The number of carbonyl (C=O) groups is 1. The Bertz CT molecular complexity index is 1080. The molecule has 26 heavy (non-hydrogen) atoms. The minimum Gasteiger partial charge on any atom is -0.495 e. The lowest BCUT2D eigenvalue weighted by Gasteiger charge is -2.14. The number of amides is 1. The number of ether oxygens (including phenoxy) is 1. The summed E-state index contributed by atoms with van der Waals surface area (Å²) < 4.78 is 33.6. The van der Waals surface area contributed by atoms with Crippen LogP contribution in [0.1, 0.15) is 6.92 Å². The van der Waals surface area contributed by atoms with Crippen LogP contribution >= 0.6 is 0 Å². The first-order chi connectivity index (χ1) is 12.4. The first-order valence-electron chi connectivity index (χ1n) is 7.72. The maximum atomic E-state index is 12.9. The highest BCUT2D eigenvalue weighted by atomic mass is 32.2. The Labute approximate surface area is 151 Å². The second-order valence-corrected chi connectivity index (χ2v) is 7.21. The van der Waals surface area contributed by atoms with Crippen LogP contribution < -0.4 is 14.8 Å². The van der Waals surface area contributed by atoms with E-state index in [1.807, 2.05) is 0 Å². The Kier molecular flexibility index (Phi) is 4.77. The average Bonchev–Trinajstić information content (AvgIpc) is 2.60. The third-order valence-corrected chi connectivity index (χ3v) is 5.12. The lowest BCUT2D eigenvalue weighted by Crippen LogP contribution is -2.15. The van der Waals surface area contributed by atoms with E-state index in [4.69, 9.17) is 4.74 Å². The predicted octanol–water partition coefficient (Wildman–Crippen LogP) is 3.00. The molecule has 2 N–H and O–H groups in total. The molecule has 2 aromatic carbocycles. The van der Waals surface area contributed by atoms with Gasteiger partial charge in [-0.3, -0.25) is 14.5 Å². The van der Waals surface area contributed by atoms with Crippen molar-refractivity contribution < 1.29 is 17.9 Å². The molecule has 7 nitrogen and oxygen atoms in total. The van der Waals surface area contributed by atoms with Crippen LogP contribution in [0.25, 0.3) is 10.8 Å². The minimum atomic E-state index is -3.89. The zero-order valence-electron chi connectivity index (χ0n) is 14.2. The number of pyridine rings is 1. The highest BCUT2D eigenvalue weighted by Crippen LogP contribution is 2.31. The lowest BCUT2D eigenvalue weighted by atomic mass is 10.2. The minimum absolute atomic E-state index is 0.129. The van der Waals surface area contributed by atoms with Crippen LogP contribution in [0, 0.1) is 0 Å². The molecule has 0 aliphatic heterocycles. The number of benzene rings is 2. The zero-order chi connectivity index (χ0) is 18.7. The smallest absolute Gasteiger partial charge is 0.262 e. The first-order valence-corrected chi connectivity index (χ1v) is 9.20. The molecule has 134 valence electrons. The molecule has 0 unspecified atom stereocenters. The standard InChI is InChI=1S/C18H17N3O4S/c1-12(22)20-14-6-7-17(25-2)16(10-14)21-26(23,24)18-5-3-4-13-11-19-9-8-15(13)18/h3-11,21H,1-2H3,(H,20,22). The van der Waals surface area contributed by atoms with Crippen LogP contribution in [-0.4, -0.2) is 26.4 Å². The summed E-state index contributed by atoms with van der Waals surface area (Å²) in [4.78, 5) is 15.4. The fourth-order valence-corrected chi connectivity index (χ4v) is 3.89. The molecular formula is C18H17N3O4S. The molecule has 0 saturated heterocycles. The summed E-state index contributed by atoms with van der Waals surface area (Å²) in [5.74, 6) is 0.0788. The maximum absolute atomic E-state index is 12.9. The lowest BCUT2D eigenvalue weighted by molar-refractivity contribution is -0.114. The number of sulfonamides is 1. The van der Waals surface area contributed by atoms with Gasteiger partial charge in [0.05, 0.1) is 17.7 Å². The molecule has 3 aromatic rings. The highest BCUT2D eigenvalue weighted by molar-refractivity contribution is 7.93. The second-order valence-electron chi connectivity index (χ2n) is 5.55. The highest BCUT2D eigenvalue weighted by Gasteiger charge is 2.19. The SMILES string of the molecule is COc1ccc(NC(C)=O)cc1NS(=O)(=O)c1cccc2cnccc12. The average molecular weight is 371 g/mol. The van der Waals surface area contributed by atoms with E-state index in [-0.39, 0.29) is 16.5 Å². The van der Waals surface area contributed by atoms with Crippen molar-refractivity contribution in [1.82, 2.24) is 4.98 Å². The molecule has 3 rings (SSSR count). The van der Waals surface area contributed by atoms with Crippen molar-refractivity contribution in [1.29, 1.82) is 0 Å². The molecule has 1 amide bonds. The van der Waals surface area contributed by atoms with Crippen LogP contribution in [0.15, 0.2) is 59.8 Å². The molecule has 0 radical (unpaired) electrons. The van der Waals surface area contributed by atoms with Crippen molar-refractivity contribution in [2.24, 2.45) is 0 Å². The van der Waals surface area contributed by atoms with Crippen LogP contribution in [0.4, 0.5) is 11.4 Å². The quantitative estimate of drug-likeness (QED) is 0.718. The number of anilines is 2. The molecule has 1 aromatic heterocycles. The number of nitrogens with one attached hydrogen (secondary N) is 2. The molecule has 0 atom stereocenters. The Hall–Kier alpha value is -3.13. The Morgan fingerprint density at radius 2 is 1.96 bits per heavy atom. The van der Waals surface area contributed by atoms with Crippen molar-refractivity contribution in [3.05, 3.63) is 54.9 Å². The van der Waals surface area contributed by atoms with E-state index in [0.29, 0.717) is 22.2 Å². The fraction of sp³-hybridized carbons (Fsp3) is 0.111. The van der Waals surface area contributed by atoms with Crippen LogP contribution in [-0.2, 0) is 14.8 Å². The van der Waals surface area contributed by atoms with Crippen molar-refractivity contribution in [3.8, 4) is 5.75 Å². The second kappa shape index (κ2) is 7.01.